The first-order valence-corrected chi connectivity index (χ1v) is 4.39. The van der Waals surface area contributed by atoms with Crippen LogP contribution < -0.4 is 0 Å². The summed E-state index contributed by atoms with van der Waals surface area (Å²) in [7, 11) is 1.22. The van der Waals surface area contributed by atoms with E-state index in [1.54, 1.807) is 0 Å². The molecule has 0 aromatic heterocycles. The zero-order valence-electron chi connectivity index (χ0n) is 6.90. The van der Waals surface area contributed by atoms with Gasteiger partial charge in [0.05, 0.1) is 12.7 Å². The van der Waals surface area contributed by atoms with E-state index in [1.807, 2.05) is 0 Å². The summed E-state index contributed by atoms with van der Waals surface area (Å²) in [5, 5.41) is 18.6. The number of ether oxygens (including phenoxy) is 1. The maximum absolute atomic E-state index is 11.1. The highest BCUT2D eigenvalue weighted by Gasteiger charge is 2.29. The van der Waals surface area contributed by atoms with Crippen molar-refractivity contribution >= 4 is 21.9 Å². The molecule has 0 aliphatic heterocycles. The Hall–Kier alpha value is -0.650. The Morgan fingerprint density at radius 3 is 2.77 bits per heavy atom. The average molecular weight is 249 g/mol. The van der Waals surface area contributed by atoms with Crippen LogP contribution in [-0.4, -0.2) is 35.5 Å². The van der Waals surface area contributed by atoms with Crippen molar-refractivity contribution in [3.8, 4) is 0 Å². The Morgan fingerprint density at radius 2 is 2.23 bits per heavy atom. The molecular weight excluding hydrogens is 240 g/mol. The zero-order chi connectivity index (χ0) is 10.0. The number of esters is 1. The summed E-state index contributed by atoms with van der Waals surface area (Å²) in [5.74, 6) is -0.650. The molecule has 0 amide bonds. The predicted octanol–water partition coefficient (Wildman–Crippen LogP) is 0.100. The molecule has 13 heavy (non-hydrogen) atoms. The minimum atomic E-state index is -1.23. The van der Waals surface area contributed by atoms with E-state index in [0.717, 1.165) is 0 Å². The van der Waals surface area contributed by atoms with Gasteiger partial charge in [0.25, 0.3) is 0 Å². The van der Waals surface area contributed by atoms with E-state index in [9.17, 15) is 15.0 Å². The first kappa shape index (κ1) is 10.4. The number of allylic oxidation sites excluding steroid dienone is 2. The topological polar surface area (TPSA) is 66.8 Å². The highest BCUT2D eigenvalue weighted by molar-refractivity contribution is 9.12. The molecule has 0 aromatic carbocycles. The number of rotatable bonds is 1. The molecule has 72 valence electrons. The van der Waals surface area contributed by atoms with Crippen LogP contribution in [0.2, 0.25) is 0 Å². The van der Waals surface area contributed by atoms with Crippen molar-refractivity contribution in [2.24, 2.45) is 0 Å². The van der Waals surface area contributed by atoms with Gasteiger partial charge in [-0.25, -0.2) is 4.79 Å². The molecule has 0 aromatic rings. The molecule has 2 atom stereocenters. The lowest BCUT2D eigenvalue weighted by atomic mass is 9.99. The lowest BCUT2D eigenvalue weighted by Gasteiger charge is -2.20. The van der Waals surface area contributed by atoms with Crippen LogP contribution in [-0.2, 0) is 9.53 Å². The molecule has 0 saturated carbocycles. The van der Waals surface area contributed by atoms with E-state index in [-0.39, 0.29) is 5.57 Å². The van der Waals surface area contributed by atoms with Crippen molar-refractivity contribution in [3.05, 3.63) is 22.2 Å². The van der Waals surface area contributed by atoms with E-state index in [1.165, 1.54) is 19.3 Å². The summed E-state index contributed by atoms with van der Waals surface area (Å²) in [6, 6.07) is 0. The fourth-order valence-electron chi connectivity index (χ4n) is 1.02. The molecule has 0 heterocycles. The summed E-state index contributed by atoms with van der Waals surface area (Å²) < 4.78 is 4.87. The molecule has 0 fully saturated rings. The SMILES string of the molecule is COC(=O)C1=C(Br)C=C[C@H](O)[C@@H]1O. The number of hydrogen-bond acceptors (Lipinski definition) is 4. The highest BCUT2D eigenvalue weighted by Crippen LogP contribution is 2.25. The molecule has 0 radical (unpaired) electrons. The van der Waals surface area contributed by atoms with Crippen LogP contribution >= 0.6 is 15.9 Å². The third-order valence-corrected chi connectivity index (χ3v) is 2.41. The van der Waals surface area contributed by atoms with Gasteiger partial charge in [0.2, 0.25) is 0 Å². The molecule has 0 spiro atoms. The Balaban J connectivity index is 3.02. The van der Waals surface area contributed by atoms with Crippen LogP contribution in [0.5, 0.6) is 0 Å². The van der Waals surface area contributed by atoms with Crippen LogP contribution in [0.25, 0.3) is 0 Å². The Morgan fingerprint density at radius 1 is 1.62 bits per heavy atom. The largest absolute Gasteiger partial charge is 0.466 e. The molecule has 1 aliphatic rings. The van der Waals surface area contributed by atoms with Gasteiger partial charge in [0.15, 0.2) is 0 Å². The summed E-state index contributed by atoms with van der Waals surface area (Å²) in [6.45, 7) is 0. The first-order chi connectivity index (χ1) is 6.07. The summed E-state index contributed by atoms with van der Waals surface area (Å²) >= 11 is 3.08. The fraction of sp³-hybridized carbons (Fsp3) is 0.375. The quantitative estimate of drug-likeness (QED) is 0.647. The van der Waals surface area contributed by atoms with E-state index < -0.39 is 18.2 Å². The lowest BCUT2D eigenvalue weighted by molar-refractivity contribution is -0.137. The molecule has 0 bridgehead atoms. The third-order valence-electron chi connectivity index (χ3n) is 1.72. The van der Waals surface area contributed by atoms with Gasteiger partial charge in [-0.15, -0.1) is 0 Å². The van der Waals surface area contributed by atoms with E-state index >= 15 is 0 Å². The molecular formula is C8H9BrO4. The van der Waals surface area contributed by atoms with Gasteiger partial charge in [0.1, 0.15) is 12.2 Å². The van der Waals surface area contributed by atoms with Crippen LogP contribution in [0.4, 0.5) is 0 Å². The number of methoxy groups -OCH3 is 1. The van der Waals surface area contributed by atoms with Gasteiger partial charge in [-0.2, -0.15) is 0 Å². The Kier molecular flexibility index (Phi) is 3.24. The van der Waals surface area contributed by atoms with Crippen LogP contribution in [0.15, 0.2) is 22.2 Å². The monoisotopic (exact) mass is 248 g/mol. The molecule has 4 nitrogen and oxygen atoms in total. The number of aliphatic hydroxyl groups is 2. The molecule has 0 unspecified atom stereocenters. The fourth-order valence-corrected chi connectivity index (χ4v) is 1.57. The van der Waals surface area contributed by atoms with Crippen LogP contribution in [0, 0.1) is 0 Å². The van der Waals surface area contributed by atoms with Crippen molar-refractivity contribution in [2.45, 2.75) is 12.2 Å². The molecule has 2 N–H and O–H groups in total. The standard InChI is InChI=1S/C8H9BrO4/c1-13-8(12)6-4(9)2-3-5(10)7(6)11/h2-3,5,7,10-11H,1H3/t5-,7-/m0/s1. The van der Waals surface area contributed by atoms with Crippen LogP contribution in [0.3, 0.4) is 0 Å². The third kappa shape index (κ3) is 1.99. The predicted molar refractivity (Wildman–Crippen MR) is 49.1 cm³/mol. The minimum absolute atomic E-state index is 0.0394. The van der Waals surface area contributed by atoms with Gasteiger partial charge in [-0.05, 0) is 6.08 Å². The number of halogens is 1. The second-order valence-electron chi connectivity index (χ2n) is 2.55. The van der Waals surface area contributed by atoms with Crippen LogP contribution in [0.1, 0.15) is 0 Å². The smallest absolute Gasteiger partial charge is 0.337 e. The number of hydrogen-bond donors (Lipinski definition) is 2. The minimum Gasteiger partial charge on any atom is -0.466 e. The van der Waals surface area contributed by atoms with Crippen molar-refractivity contribution in [1.82, 2.24) is 0 Å². The van der Waals surface area contributed by atoms with Crippen molar-refractivity contribution in [3.63, 3.8) is 0 Å². The van der Waals surface area contributed by atoms with Gasteiger partial charge >= 0.3 is 5.97 Å². The van der Waals surface area contributed by atoms with Gasteiger partial charge in [0, 0.05) is 4.48 Å². The van der Waals surface area contributed by atoms with Crippen molar-refractivity contribution in [1.29, 1.82) is 0 Å². The second kappa shape index (κ2) is 4.04. The average Bonchev–Trinajstić information content (AvgIpc) is 2.12. The first-order valence-electron chi connectivity index (χ1n) is 3.60. The summed E-state index contributed by atoms with van der Waals surface area (Å²) in [4.78, 5) is 11.1. The highest BCUT2D eigenvalue weighted by atomic mass is 79.9. The molecule has 1 aliphatic carbocycles. The number of aliphatic hydroxyl groups excluding tert-OH is 2. The second-order valence-corrected chi connectivity index (χ2v) is 3.40. The summed E-state index contributed by atoms with van der Waals surface area (Å²) in [5.41, 5.74) is 0.0394. The molecule has 0 saturated heterocycles. The number of carbonyl (C=O) groups excluding carboxylic acids is 1. The maximum Gasteiger partial charge on any atom is 0.337 e. The van der Waals surface area contributed by atoms with Gasteiger partial charge in [-0.1, -0.05) is 22.0 Å². The summed E-state index contributed by atoms with van der Waals surface area (Å²) in [6.07, 6.45) is 0.604. The normalized spacial score (nSPS) is 27.7. The maximum atomic E-state index is 11.1. The molecule has 1 rings (SSSR count). The Bertz CT molecular complexity index is 282. The van der Waals surface area contributed by atoms with Gasteiger partial charge < -0.3 is 14.9 Å². The van der Waals surface area contributed by atoms with E-state index in [0.29, 0.717) is 4.48 Å². The Labute approximate surface area is 83.6 Å². The molecule has 5 heteroatoms. The van der Waals surface area contributed by atoms with Gasteiger partial charge in [-0.3, -0.25) is 0 Å². The van der Waals surface area contributed by atoms with E-state index in [2.05, 4.69) is 20.7 Å². The number of carbonyl (C=O) groups is 1. The van der Waals surface area contributed by atoms with Crippen molar-refractivity contribution < 1.29 is 19.7 Å². The van der Waals surface area contributed by atoms with E-state index in [4.69, 9.17) is 0 Å². The zero-order valence-corrected chi connectivity index (χ0v) is 8.48. The lowest BCUT2D eigenvalue weighted by Crippen LogP contribution is -2.32. The van der Waals surface area contributed by atoms with Crippen molar-refractivity contribution in [2.75, 3.05) is 7.11 Å².